The third-order valence-electron chi connectivity index (χ3n) is 4.93. The summed E-state index contributed by atoms with van der Waals surface area (Å²) in [4.78, 5) is 0. The second kappa shape index (κ2) is 10.3. The monoisotopic (exact) mass is 582 g/mol. The Hall–Kier alpha value is -4.05. The fraction of sp³-hybridized carbons (Fsp3) is 0.182. The molecule has 0 bridgehead atoms. The number of alkyl halides is 12. The van der Waals surface area contributed by atoms with Gasteiger partial charge in [0.25, 0.3) is 0 Å². The zero-order valence-electron chi connectivity index (χ0n) is 18.8. The molecule has 8 N–H and O–H groups in total. The average Bonchev–Trinajstić information content (AvgIpc) is 2.72. The largest absolute Gasteiger partial charge is 0.419 e. The minimum Gasteiger partial charge on any atom is -0.399 e. The van der Waals surface area contributed by atoms with Gasteiger partial charge in [-0.2, -0.15) is 52.7 Å². The minimum absolute atomic E-state index is 0.320. The predicted molar refractivity (Wildman–Crippen MR) is 116 cm³/mol. The average molecular weight is 582 g/mol. The van der Waals surface area contributed by atoms with Crippen molar-refractivity contribution < 1.29 is 57.1 Å². The molecule has 0 aromatic heterocycles. The van der Waals surface area contributed by atoms with Gasteiger partial charge in [0, 0.05) is 16.9 Å². The van der Waals surface area contributed by atoms with Crippen molar-refractivity contribution in [3.8, 4) is 11.1 Å². The summed E-state index contributed by atoms with van der Waals surface area (Å²) in [6.45, 7) is 0. The number of hydrogen-bond acceptors (Lipinski definition) is 4. The Morgan fingerprint density at radius 1 is 0.436 bits per heavy atom. The lowest BCUT2D eigenvalue weighted by molar-refractivity contribution is -0.168. The van der Waals surface area contributed by atoms with Crippen LogP contribution in [0.1, 0.15) is 22.3 Å². The van der Waals surface area contributed by atoms with Gasteiger partial charge in [-0.1, -0.05) is 12.1 Å². The predicted octanol–water partition coefficient (Wildman–Crippen LogP) is 7.58. The van der Waals surface area contributed by atoms with Crippen molar-refractivity contribution in [1.82, 2.24) is 0 Å². The van der Waals surface area contributed by atoms with Crippen molar-refractivity contribution in [3.05, 3.63) is 70.5 Å². The molecule has 17 heteroatoms. The molecule has 3 rings (SSSR count). The van der Waals surface area contributed by atoms with Gasteiger partial charge in [0.1, 0.15) is 5.82 Å². The Morgan fingerprint density at radius 2 is 0.744 bits per heavy atom. The van der Waals surface area contributed by atoms with Crippen molar-refractivity contribution in [3.63, 3.8) is 0 Å². The Morgan fingerprint density at radius 3 is 1.03 bits per heavy atom. The van der Waals surface area contributed by atoms with E-state index in [1.54, 1.807) is 36.4 Å². The molecule has 0 spiro atoms. The van der Waals surface area contributed by atoms with Gasteiger partial charge in [0.15, 0.2) is 0 Å². The first-order chi connectivity index (χ1) is 17.5. The van der Waals surface area contributed by atoms with Crippen LogP contribution in [0.4, 0.5) is 79.8 Å². The molecular formula is C22H15F13N4. The number of hydrogen-bond donors (Lipinski definition) is 4. The molecule has 0 aliphatic carbocycles. The Labute approximate surface area is 210 Å². The fourth-order valence-corrected chi connectivity index (χ4v) is 3.39. The van der Waals surface area contributed by atoms with Crippen LogP contribution in [0, 0.1) is 5.82 Å². The summed E-state index contributed by atoms with van der Waals surface area (Å²) in [5.74, 6) is -0.320. The quantitative estimate of drug-likeness (QED) is 0.175. The highest BCUT2D eigenvalue weighted by Gasteiger charge is 2.55. The van der Waals surface area contributed by atoms with E-state index in [-0.39, 0.29) is 5.82 Å². The summed E-state index contributed by atoms with van der Waals surface area (Å²) in [6.07, 6.45) is -24.6. The van der Waals surface area contributed by atoms with Crippen LogP contribution in [-0.2, 0) is 24.7 Å². The zero-order valence-corrected chi connectivity index (χ0v) is 18.8. The van der Waals surface area contributed by atoms with Crippen LogP contribution < -0.4 is 22.9 Å². The normalized spacial score (nSPS) is 12.6. The van der Waals surface area contributed by atoms with Crippen molar-refractivity contribution in [2.75, 3.05) is 22.9 Å². The summed E-state index contributed by atoms with van der Waals surface area (Å²) in [5.41, 5.74) is 4.23. The molecule has 39 heavy (non-hydrogen) atoms. The number of rotatable bonds is 1. The molecule has 0 unspecified atom stereocenters. The van der Waals surface area contributed by atoms with Gasteiger partial charge >= 0.3 is 24.7 Å². The van der Waals surface area contributed by atoms with Crippen LogP contribution in [0.2, 0.25) is 0 Å². The Kier molecular flexibility index (Phi) is 8.20. The Balaban J connectivity index is 0.000000302. The van der Waals surface area contributed by atoms with Gasteiger partial charge in [0.05, 0.1) is 33.6 Å². The van der Waals surface area contributed by atoms with E-state index in [9.17, 15) is 57.1 Å². The van der Waals surface area contributed by atoms with Crippen LogP contribution in [0.25, 0.3) is 11.1 Å². The molecule has 0 atom stereocenters. The first kappa shape index (κ1) is 31.2. The number of benzene rings is 3. The maximum absolute atomic E-state index is 13.5. The molecule has 0 saturated carbocycles. The maximum atomic E-state index is 13.5. The van der Waals surface area contributed by atoms with Gasteiger partial charge in [-0.3, -0.25) is 0 Å². The molecule has 0 aliphatic rings. The first-order valence-electron chi connectivity index (χ1n) is 9.92. The molecule has 0 saturated heterocycles. The van der Waals surface area contributed by atoms with E-state index in [2.05, 4.69) is 11.5 Å². The molecular weight excluding hydrogens is 567 g/mol. The van der Waals surface area contributed by atoms with Gasteiger partial charge in [-0.05, 0) is 35.9 Å². The van der Waals surface area contributed by atoms with E-state index < -0.39 is 58.3 Å². The molecule has 3 aromatic rings. The molecule has 0 aliphatic heterocycles. The first-order valence-corrected chi connectivity index (χ1v) is 9.92. The van der Waals surface area contributed by atoms with Crippen LogP contribution in [0.5, 0.6) is 0 Å². The lowest BCUT2D eigenvalue weighted by Crippen LogP contribution is -2.29. The molecule has 4 nitrogen and oxygen atoms in total. The topological polar surface area (TPSA) is 104 Å². The third kappa shape index (κ3) is 6.88. The van der Waals surface area contributed by atoms with Crippen molar-refractivity contribution >= 4 is 22.7 Å². The van der Waals surface area contributed by atoms with E-state index in [0.29, 0.717) is 16.9 Å². The fourth-order valence-electron chi connectivity index (χ4n) is 3.39. The van der Waals surface area contributed by atoms with Crippen LogP contribution in [-0.4, -0.2) is 0 Å². The second-order valence-corrected chi connectivity index (χ2v) is 7.68. The number of nitrogen functional groups attached to an aromatic ring is 4. The van der Waals surface area contributed by atoms with Gasteiger partial charge in [0.2, 0.25) is 0 Å². The third-order valence-corrected chi connectivity index (χ3v) is 4.93. The lowest BCUT2D eigenvalue weighted by atomic mass is 9.91. The zero-order chi connectivity index (χ0) is 30.3. The van der Waals surface area contributed by atoms with Crippen molar-refractivity contribution in [2.45, 2.75) is 24.7 Å². The van der Waals surface area contributed by atoms with E-state index in [1.165, 1.54) is 6.07 Å². The van der Waals surface area contributed by atoms with Gasteiger partial charge in [-0.25, -0.2) is 4.39 Å². The summed E-state index contributed by atoms with van der Waals surface area (Å²) in [5, 5.41) is 0. The Bertz CT molecular complexity index is 1230. The summed E-state index contributed by atoms with van der Waals surface area (Å²) in [7, 11) is 0. The molecule has 214 valence electrons. The SMILES string of the molecule is Nc1c(C(F)(F)F)c(C(F)(F)F)c(N)c(C(F)(F)F)c1C(F)(F)F.Nc1ccc(-c2ccc(N)cc2F)cc1. The number of halogens is 13. The lowest BCUT2D eigenvalue weighted by Gasteiger charge is -2.26. The highest BCUT2D eigenvalue weighted by molar-refractivity contribution is 5.74. The van der Waals surface area contributed by atoms with E-state index in [0.717, 1.165) is 5.56 Å². The minimum atomic E-state index is -6.15. The van der Waals surface area contributed by atoms with E-state index in [1.807, 2.05) is 0 Å². The molecule has 0 heterocycles. The standard InChI is InChI=1S/C12H11FN2.C10H4F12N2/c13-12-7-10(15)5-6-11(12)8-1-3-9(14)4-2-8;11-7(12,13)1-2(8(14,15)16)6(24)4(10(20,21)22)3(5(1)23)9(17,18)19/h1-7H,14-15H2;23-24H2. The highest BCUT2D eigenvalue weighted by atomic mass is 19.4. The number of anilines is 4. The summed E-state index contributed by atoms with van der Waals surface area (Å²) < 4.78 is 166. The van der Waals surface area contributed by atoms with Crippen LogP contribution >= 0.6 is 0 Å². The van der Waals surface area contributed by atoms with Gasteiger partial charge < -0.3 is 22.9 Å². The molecule has 3 aromatic carbocycles. The second-order valence-electron chi connectivity index (χ2n) is 7.68. The van der Waals surface area contributed by atoms with E-state index >= 15 is 0 Å². The molecule has 0 radical (unpaired) electrons. The van der Waals surface area contributed by atoms with Crippen LogP contribution in [0.15, 0.2) is 42.5 Å². The smallest absolute Gasteiger partial charge is 0.399 e. The van der Waals surface area contributed by atoms with Crippen molar-refractivity contribution in [1.29, 1.82) is 0 Å². The highest BCUT2D eigenvalue weighted by Crippen LogP contribution is 2.55. The number of nitrogens with two attached hydrogens (primary N) is 4. The van der Waals surface area contributed by atoms with E-state index in [4.69, 9.17) is 11.5 Å². The summed E-state index contributed by atoms with van der Waals surface area (Å²) >= 11 is 0. The molecule has 0 amide bonds. The maximum Gasteiger partial charge on any atom is 0.419 e. The van der Waals surface area contributed by atoms with Gasteiger partial charge in [-0.15, -0.1) is 0 Å². The molecule has 0 fully saturated rings. The summed E-state index contributed by atoms with van der Waals surface area (Å²) in [6, 6.07) is 11.7. The van der Waals surface area contributed by atoms with Crippen molar-refractivity contribution in [2.24, 2.45) is 0 Å². The van der Waals surface area contributed by atoms with Crippen LogP contribution in [0.3, 0.4) is 0 Å².